The largest absolute Gasteiger partial charge is 0.489 e. The molecule has 0 spiro atoms. The number of sulfone groups is 2. The third kappa shape index (κ3) is 3.68. The fourth-order valence-corrected chi connectivity index (χ4v) is 7.83. The lowest BCUT2D eigenvalue weighted by molar-refractivity contribution is 0.302. The van der Waals surface area contributed by atoms with E-state index < -0.39 is 30.7 Å². The van der Waals surface area contributed by atoms with E-state index in [-0.39, 0.29) is 27.7 Å². The van der Waals surface area contributed by atoms with Crippen molar-refractivity contribution < 1.29 is 21.6 Å². The Labute approximate surface area is 170 Å². The summed E-state index contributed by atoms with van der Waals surface area (Å²) in [6.07, 6.45) is 0. The van der Waals surface area contributed by atoms with E-state index in [1.807, 2.05) is 31.2 Å². The normalized spacial score (nSPS) is 17.6. The Kier molecular flexibility index (Phi) is 4.96. The van der Waals surface area contributed by atoms with Gasteiger partial charge in [0.1, 0.15) is 17.6 Å². The molecule has 150 valence electrons. The van der Waals surface area contributed by atoms with Crippen LogP contribution in [0.5, 0.6) is 5.75 Å². The summed E-state index contributed by atoms with van der Waals surface area (Å²) in [6, 6.07) is 20.3. The Morgan fingerprint density at radius 3 is 2.31 bits per heavy atom. The van der Waals surface area contributed by atoms with Crippen LogP contribution in [0.3, 0.4) is 0 Å². The zero-order valence-electron chi connectivity index (χ0n) is 15.8. The van der Waals surface area contributed by atoms with Gasteiger partial charge in [-0.15, -0.1) is 0 Å². The van der Waals surface area contributed by atoms with Crippen LogP contribution in [0.25, 0.3) is 0 Å². The monoisotopic (exact) mass is 428 g/mol. The van der Waals surface area contributed by atoms with Crippen molar-refractivity contribution in [2.45, 2.75) is 28.6 Å². The Balaban J connectivity index is 1.76. The number of hydrogen-bond acceptors (Lipinski definition) is 5. The molecule has 0 saturated heterocycles. The lowest BCUT2D eigenvalue weighted by atomic mass is 10.1. The zero-order valence-corrected chi connectivity index (χ0v) is 17.4. The molecule has 0 radical (unpaired) electrons. The van der Waals surface area contributed by atoms with E-state index in [1.165, 1.54) is 18.2 Å². The number of rotatable bonds is 5. The molecular weight excluding hydrogens is 408 g/mol. The fraction of sp³-hybridized carbons (Fsp3) is 0.182. The van der Waals surface area contributed by atoms with Gasteiger partial charge in [-0.25, -0.2) is 16.8 Å². The molecule has 3 aromatic carbocycles. The minimum Gasteiger partial charge on any atom is -0.489 e. The highest BCUT2D eigenvalue weighted by molar-refractivity contribution is 7.96. The third-order valence-electron chi connectivity index (χ3n) is 5.02. The van der Waals surface area contributed by atoms with Crippen LogP contribution in [-0.4, -0.2) is 22.6 Å². The summed E-state index contributed by atoms with van der Waals surface area (Å²) in [4.78, 5) is 0.129. The number of benzene rings is 3. The van der Waals surface area contributed by atoms with Crippen molar-refractivity contribution in [3.05, 3.63) is 89.5 Å². The minimum atomic E-state index is -3.89. The van der Waals surface area contributed by atoms with Gasteiger partial charge in [-0.05, 0) is 36.8 Å². The lowest BCUT2D eigenvalue weighted by Crippen LogP contribution is -2.16. The maximum absolute atomic E-state index is 13.2. The molecule has 0 bridgehead atoms. The first-order valence-electron chi connectivity index (χ1n) is 9.12. The Morgan fingerprint density at radius 1 is 0.931 bits per heavy atom. The quantitative estimate of drug-likeness (QED) is 0.616. The second kappa shape index (κ2) is 7.31. The predicted octanol–water partition coefficient (Wildman–Crippen LogP) is 3.88. The maximum Gasteiger partial charge on any atom is 0.186 e. The van der Waals surface area contributed by atoms with Crippen molar-refractivity contribution in [3.63, 3.8) is 0 Å². The van der Waals surface area contributed by atoms with E-state index in [0.29, 0.717) is 0 Å². The molecule has 1 atom stereocenters. The van der Waals surface area contributed by atoms with Gasteiger partial charge in [0.2, 0.25) is 0 Å². The van der Waals surface area contributed by atoms with Crippen molar-refractivity contribution in [3.8, 4) is 5.75 Å². The highest BCUT2D eigenvalue weighted by Crippen LogP contribution is 2.45. The van der Waals surface area contributed by atoms with Gasteiger partial charge < -0.3 is 4.74 Å². The number of ether oxygens (including phenoxy) is 1. The molecule has 0 aromatic heterocycles. The predicted molar refractivity (Wildman–Crippen MR) is 110 cm³/mol. The van der Waals surface area contributed by atoms with E-state index in [1.54, 1.807) is 30.3 Å². The van der Waals surface area contributed by atoms with Crippen LogP contribution < -0.4 is 4.74 Å². The molecule has 1 unspecified atom stereocenters. The van der Waals surface area contributed by atoms with Crippen LogP contribution in [0.4, 0.5) is 0 Å². The van der Waals surface area contributed by atoms with Crippen LogP contribution in [0, 0.1) is 6.92 Å². The molecule has 0 N–H and O–H groups in total. The highest BCUT2D eigenvalue weighted by atomic mass is 32.2. The Bertz CT molecular complexity index is 1250. The van der Waals surface area contributed by atoms with Crippen molar-refractivity contribution in [2.75, 3.05) is 5.75 Å². The van der Waals surface area contributed by atoms with E-state index >= 15 is 0 Å². The number of hydrogen-bond donors (Lipinski definition) is 0. The molecule has 4 rings (SSSR count). The SMILES string of the molecule is Cc1ccc(COc2cccc3c2C(S(=O)(=O)c2ccccc2)CS3(=O)=O)cc1. The van der Waals surface area contributed by atoms with Gasteiger partial charge in [0.25, 0.3) is 0 Å². The van der Waals surface area contributed by atoms with Crippen LogP contribution in [0.1, 0.15) is 21.9 Å². The molecule has 1 aliphatic heterocycles. The van der Waals surface area contributed by atoms with Gasteiger partial charge in [-0.3, -0.25) is 0 Å². The summed E-state index contributed by atoms with van der Waals surface area (Å²) in [6.45, 7) is 2.20. The third-order valence-corrected chi connectivity index (χ3v) is 9.11. The molecule has 29 heavy (non-hydrogen) atoms. The van der Waals surface area contributed by atoms with E-state index in [9.17, 15) is 16.8 Å². The summed E-state index contributed by atoms with van der Waals surface area (Å²) in [5, 5.41) is -1.20. The fourth-order valence-electron chi connectivity index (χ4n) is 3.48. The van der Waals surface area contributed by atoms with Gasteiger partial charge in [0.05, 0.1) is 15.5 Å². The lowest BCUT2D eigenvalue weighted by Gasteiger charge is -2.16. The highest BCUT2D eigenvalue weighted by Gasteiger charge is 2.45. The van der Waals surface area contributed by atoms with Crippen molar-refractivity contribution >= 4 is 19.7 Å². The first-order valence-corrected chi connectivity index (χ1v) is 12.3. The molecule has 1 aliphatic rings. The van der Waals surface area contributed by atoms with Crippen LogP contribution in [0.15, 0.2) is 82.6 Å². The maximum atomic E-state index is 13.2. The molecule has 5 nitrogen and oxygen atoms in total. The van der Waals surface area contributed by atoms with Gasteiger partial charge in [0, 0.05) is 5.56 Å². The van der Waals surface area contributed by atoms with Gasteiger partial charge >= 0.3 is 0 Å². The molecule has 7 heteroatoms. The van der Waals surface area contributed by atoms with Gasteiger partial charge in [0.15, 0.2) is 19.7 Å². The second-order valence-electron chi connectivity index (χ2n) is 7.07. The zero-order chi connectivity index (χ0) is 20.6. The van der Waals surface area contributed by atoms with Crippen molar-refractivity contribution in [1.29, 1.82) is 0 Å². The smallest absolute Gasteiger partial charge is 0.186 e. The molecule has 0 saturated carbocycles. The molecule has 0 aliphatic carbocycles. The summed E-state index contributed by atoms with van der Waals surface area (Å²) >= 11 is 0. The summed E-state index contributed by atoms with van der Waals surface area (Å²) in [5.74, 6) is -0.196. The molecular formula is C22H20O5S2. The molecule has 1 heterocycles. The van der Waals surface area contributed by atoms with Crippen molar-refractivity contribution in [2.24, 2.45) is 0 Å². The van der Waals surface area contributed by atoms with E-state index in [2.05, 4.69) is 0 Å². The number of aryl methyl sites for hydroxylation is 1. The summed E-state index contributed by atoms with van der Waals surface area (Å²) < 4.78 is 57.7. The Hall–Kier alpha value is -2.64. The van der Waals surface area contributed by atoms with Crippen LogP contribution in [-0.2, 0) is 26.3 Å². The van der Waals surface area contributed by atoms with Crippen LogP contribution >= 0.6 is 0 Å². The average molecular weight is 429 g/mol. The number of fused-ring (bicyclic) bond motifs is 1. The van der Waals surface area contributed by atoms with E-state index in [4.69, 9.17) is 4.74 Å². The first kappa shape index (κ1) is 19.7. The first-order chi connectivity index (χ1) is 13.8. The molecule has 0 fully saturated rings. The van der Waals surface area contributed by atoms with E-state index in [0.717, 1.165) is 11.1 Å². The van der Waals surface area contributed by atoms with Gasteiger partial charge in [-0.1, -0.05) is 54.1 Å². The topological polar surface area (TPSA) is 77.5 Å². The standard InChI is InChI=1S/C22H20O5S2/c1-16-10-12-17(13-11-16)14-27-19-8-5-9-20-22(19)21(15-28(20,23)24)29(25,26)18-6-3-2-4-7-18/h2-13,21H,14-15H2,1H3. The summed E-state index contributed by atoms with van der Waals surface area (Å²) in [7, 11) is -7.61. The molecule has 0 amide bonds. The summed E-state index contributed by atoms with van der Waals surface area (Å²) in [5.41, 5.74) is 2.26. The molecule has 3 aromatic rings. The van der Waals surface area contributed by atoms with Crippen molar-refractivity contribution in [1.82, 2.24) is 0 Å². The Morgan fingerprint density at radius 2 is 1.62 bits per heavy atom. The van der Waals surface area contributed by atoms with Gasteiger partial charge in [-0.2, -0.15) is 0 Å². The minimum absolute atomic E-state index is 0.0309. The average Bonchev–Trinajstić information content (AvgIpc) is 3.01. The second-order valence-corrected chi connectivity index (χ2v) is 11.2. The van der Waals surface area contributed by atoms with Crippen LogP contribution in [0.2, 0.25) is 0 Å².